The van der Waals surface area contributed by atoms with E-state index < -0.39 is 0 Å². The standard InChI is InChI=1S/C25H32/c1-17(2)18-9-14-21-22(15-18)25(8,16-24(21,6)7)20-12-10-19(11-13-20)23(3,4)5/h9-15H,1,16H2,2-8H3. The van der Waals surface area contributed by atoms with Gasteiger partial charge in [0.05, 0.1) is 0 Å². The average Bonchev–Trinajstić information content (AvgIpc) is 2.74. The molecule has 0 heteroatoms. The lowest BCUT2D eigenvalue weighted by Crippen LogP contribution is -2.24. The van der Waals surface area contributed by atoms with E-state index in [1.807, 2.05) is 0 Å². The van der Waals surface area contributed by atoms with Crippen LogP contribution in [0, 0.1) is 0 Å². The van der Waals surface area contributed by atoms with Gasteiger partial charge in [0.1, 0.15) is 0 Å². The second-order valence-corrected chi connectivity index (χ2v) is 9.76. The molecule has 1 unspecified atom stereocenters. The Morgan fingerprint density at radius 3 is 2.04 bits per heavy atom. The predicted molar refractivity (Wildman–Crippen MR) is 110 cm³/mol. The molecule has 0 saturated carbocycles. The Kier molecular flexibility index (Phi) is 4.02. The summed E-state index contributed by atoms with van der Waals surface area (Å²) in [6, 6.07) is 16.3. The van der Waals surface area contributed by atoms with E-state index in [1.54, 1.807) is 0 Å². The first kappa shape index (κ1) is 18.0. The molecular weight excluding hydrogens is 300 g/mol. The van der Waals surface area contributed by atoms with Crippen molar-refractivity contribution in [2.75, 3.05) is 0 Å². The summed E-state index contributed by atoms with van der Waals surface area (Å²) in [5.41, 5.74) is 8.62. The zero-order chi connectivity index (χ0) is 18.6. The van der Waals surface area contributed by atoms with Gasteiger partial charge in [0.2, 0.25) is 0 Å². The summed E-state index contributed by atoms with van der Waals surface area (Å²) >= 11 is 0. The zero-order valence-electron chi connectivity index (χ0n) is 17.0. The SMILES string of the molecule is C=C(C)c1ccc2c(c1)C(C)(c1ccc(C(C)(C)C)cc1)CC2(C)C. The Bertz CT molecular complexity index is 812. The van der Waals surface area contributed by atoms with E-state index in [2.05, 4.69) is 97.5 Å². The fourth-order valence-electron chi connectivity index (χ4n) is 4.53. The van der Waals surface area contributed by atoms with Crippen LogP contribution in [0.25, 0.3) is 5.57 Å². The highest BCUT2D eigenvalue weighted by Gasteiger charge is 2.45. The van der Waals surface area contributed by atoms with Crippen LogP contribution in [-0.2, 0) is 16.2 Å². The molecule has 0 bridgehead atoms. The smallest absolute Gasteiger partial charge is 0.0186 e. The molecule has 2 aromatic carbocycles. The van der Waals surface area contributed by atoms with Crippen LogP contribution in [0.1, 0.15) is 82.7 Å². The lowest BCUT2D eigenvalue weighted by atomic mass is 9.74. The molecule has 1 aliphatic rings. The summed E-state index contributed by atoms with van der Waals surface area (Å²) in [6.07, 6.45) is 1.14. The Morgan fingerprint density at radius 1 is 0.920 bits per heavy atom. The van der Waals surface area contributed by atoms with Gasteiger partial charge in [0, 0.05) is 5.41 Å². The summed E-state index contributed by atoms with van der Waals surface area (Å²) in [6.45, 7) is 20.2. The normalized spacial score (nSPS) is 21.9. The number of hydrogen-bond acceptors (Lipinski definition) is 0. The van der Waals surface area contributed by atoms with Gasteiger partial charge in [0.25, 0.3) is 0 Å². The molecule has 3 rings (SSSR count). The molecule has 132 valence electrons. The molecule has 0 heterocycles. The average molecular weight is 333 g/mol. The van der Waals surface area contributed by atoms with Crippen molar-refractivity contribution in [1.82, 2.24) is 0 Å². The molecule has 1 atom stereocenters. The van der Waals surface area contributed by atoms with Crippen LogP contribution in [0.4, 0.5) is 0 Å². The fraction of sp³-hybridized carbons (Fsp3) is 0.440. The molecule has 2 aromatic rings. The molecule has 0 aliphatic heterocycles. The van der Waals surface area contributed by atoms with Crippen LogP contribution in [0.5, 0.6) is 0 Å². The topological polar surface area (TPSA) is 0 Å². The fourth-order valence-corrected chi connectivity index (χ4v) is 4.53. The molecule has 0 spiro atoms. The summed E-state index contributed by atoms with van der Waals surface area (Å²) in [5.74, 6) is 0. The van der Waals surface area contributed by atoms with Crippen LogP contribution < -0.4 is 0 Å². The Morgan fingerprint density at radius 2 is 1.52 bits per heavy atom. The predicted octanol–water partition coefficient (Wildman–Crippen LogP) is 7.00. The third-order valence-electron chi connectivity index (χ3n) is 6.02. The molecule has 0 radical (unpaired) electrons. The number of allylic oxidation sites excluding steroid dienone is 1. The van der Waals surface area contributed by atoms with Crippen LogP contribution in [0.2, 0.25) is 0 Å². The summed E-state index contributed by atoms with van der Waals surface area (Å²) in [5, 5.41) is 0. The number of rotatable bonds is 2. The van der Waals surface area contributed by atoms with Gasteiger partial charge in [-0.3, -0.25) is 0 Å². The zero-order valence-corrected chi connectivity index (χ0v) is 17.0. The van der Waals surface area contributed by atoms with E-state index in [4.69, 9.17) is 0 Å². The second kappa shape index (κ2) is 5.59. The molecule has 0 saturated heterocycles. The first-order valence-corrected chi connectivity index (χ1v) is 9.37. The maximum atomic E-state index is 4.15. The van der Waals surface area contributed by atoms with Crippen LogP contribution in [0.3, 0.4) is 0 Å². The number of hydrogen-bond donors (Lipinski definition) is 0. The molecule has 0 fully saturated rings. The lowest BCUT2D eigenvalue weighted by molar-refractivity contribution is 0.424. The van der Waals surface area contributed by atoms with Crippen molar-refractivity contribution in [3.8, 4) is 0 Å². The minimum Gasteiger partial charge on any atom is -0.0955 e. The van der Waals surface area contributed by atoms with E-state index in [0.29, 0.717) is 0 Å². The van der Waals surface area contributed by atoms with Crippen LogP contribution >= 0.6 is 0 Å². The highest BCUT2D eigenvalue weighted by molar-refractivity contribution is 5.65. The van der Waals surface area contributed by atoms with Crippen LogP contribution in [0.15, 0.2) is 49.0 Å². The molecular formula is C25H32. The van der Waals surface area contributed by atoms with Crippen molar-refractivity contribution >= 4 is 5.57 Å². The first-order chi connectivity index (χ1) is 11.4. The highest BCUT2D eigenvalue weighted by Crippen LogP contribution is 2.53. The number of fused-ring (bicyclic) bond motifs is 1. The monoisotopic (exact) mass is 332 g/mol. The van der Waals surface area contributed by atoms with Crippen LogP contribution in [-0.4, -0.2) is 0 Å². The minimum atomic E-state index is 0.0563. The Labute approximate surface area is 154 Å². The van der Waals surface area contributed by atoms with Gasteiger partial charge in [-0.05, 0) is 52.0 Å². The van der Waals surface area contributed by atoms with Crippen molar-refractivity contribution in [3.05, 3.63) is 76.9 Å². The Hall–Kier alpha value is -1.82. The second-order valence-electron chi connectivity index (χ2n) is 9.76. The maximum absolute atomic E-state index is 4.15. The van der Waals surface area contributed by atoms with Gasteiger partial charge in [-0.15, -0.1) is 0 Å². The van der Waals surface area contributed by atoms with Gasteiger partial charge >= 0.3 is 0 Å². The third-order valence-corrected chi connectivity index (χ3v) is 6.02. The summed E-state index contributed by atoms with van der Waals surface area (Å²) in [4.78, 5) is 0. The molecule has 0 aromatic heterocycles. The highest BCUT2D eigenvalue weighted by atomic mass is 14.5. The quantitative estimate of drug-likeness (QED) is 0.555. The van der Waals surface area contributed by atoms with Gasteiger partial charge < -0.3 is 0 Å². The lowest BCUT2D eigenvalue weighted by Gasteiger charge is -2.29. The van der Waals surface area contributed by atoms with Gasteiger partial charge in [-0.2, -0.15) is 0 Å². The molecule has 1 aliphatic carbocycles. The van der Waals surface area contributed by atoms with E-state index in [0.717, 1.165) is 12.0 Å². The summed E-state index contributed by atoms with van der Waals surface area (Å²) < 4.78 is 0. The van der Waals surface area contributed by atoms with E-state index >= 15 is 0 Å². The largest absolute Gasteiger partial charge is 0.0955 e. The van der Waals surface area contributed by atoms with Gasteiger partial charge in [0.15, 0.2) is 0 Å². The van der Waals surface area contributed by atoms with E-state index in [-0.39, 0.29) is 16.2 Å². The third kappa shape index (κ3) is 2.97. The first-order valence-electron chi connectivity index (χ1n) is 9.37. The maximum Gasteiger partial charge on any atom is 0.0186 e. The van der Waals surface area contributed by atoms with Crippen molar-refractivity contribution in [1.29, 1.82) is 0 Å². The number of benzene rings is 2. The van der Waals surface area contributed by atoms with E-state index in [9.17, 15) is 0 Å². The minimum absolute atomic E-state index is 0.0563. The molecule has 0 N–H and O–H groups in total. The van der Waals surface area contributed by atoms with Gasteiger partial charge in [-0.1, -0.05) is 96.2 Å². The molecule has 0 nitrogen and oxygen atoms in total. The summed E-state index contributed by atoms with van der Waals surface area (Å²) in [7, 11) is 0. The van der Waals surface area contributed by atoms with Crippen molar-refractivity contribution in [2.24, 2.45) is 0 Å². The van der Waals surface area contributed by atoms with Gasteiger partial charge in [-0.25, -0.2) is 0 Å². The van der Waals surface area contributed by atoms with Crippen molar-refractivity contribution in [3.63, 3.8) is 0 Å². The van der Waals surface area contributed by atoms with Crippen molar-refractivity contribution in [2.45, 2.75) is 71.1 Å². The van der Waals surface area contributed by atoms with Crippen molar-refractivity contribution < 1.29 is 0 Å². The van der Waals surface area contributed by atoms with E-state index in [1.165, 1.54) is 27.8 Å². The molecule has 25 heavy (non-hydrogen) atoms. The Balaban J connectivity index is 2.14. The molecule has 0 amide bonds.